The molecule has 1 saturated heterocycles. The molecule has 2 amide bonds. The Hall–Kier alpha value is -1.95. The van der Waals surface area contributed by atoms with Gasteiger partial charge >= 0.3 is 0 Å². The fraction of sp³-hybridized carbons (Fsp3) is 0.667. The molecule has 0 unspecified atom stereocenters. The molecular weight excluding hydrogens is 381 g/mol. The third kappa shape index (κ3) is 5.60. The van der Waals surface area contributed by atoms with E-state index >= 15 is 0 Å². The molecule has 1 heterocycles. The van der Waals surface area contributed by atoms with Crippen molar-refractivity contribution >= 4 is 11.8 Å². The Morgan fingerprint density at radius 2 is 1.90 bits per heavy atom. The van der Waals surface area contributed by atoms with E-state index in [0.29, 0.717) is 5.41 Å². The van der Waals surface area contributed by atoms with E-state index in [1.807, 2.05) is 6.07 Å². The molecule has 30 heavy (non-hydrogen) atoms. The highest BCUT2D eigenvalue weighted by Gasteiger charge is 2.42. The molecule has 1 aromatic carbocycles. The van der Waals surface area contributed by atoms with Crippen LogP contribution < -0.4 is 10.6 Å². The first-order valence-electron chi connectivity index (χ1n) is 11.1. The molecule has 2 N–H and O–H groups in total. The minimum Gasteiger partial charge on any atom is -0.348 e. The van der Waals surface area contributed by atoms with Crippen LogP contribution >= 0.6 is 0 Å². The first-order chi connectivity index (χ1) is 14.1. The van der Waals surface area contributed by atoms with Gasteiger partial charge in [0.25, 0.3) is 0 Å². The van der Waals surface area contributed by atoms with E-state index in [1.54, 1.807) is 6.07 Å². The summed E-state index contributed by atoms with van der Waals surface area (Å²) in [5.74, 6) is -0.652. The molecule has 0 bridgehead atoms. The molecule has 6 heteroatoms. The molecular formula is C24H36FN3O2. The fourth-order valence-electron chi connectivity index (χ4n) is 4.82. The third-order valence-corrected chi connectivity index (χ3v) is 6.70. The lowest BCUT2D eigenvalue weighted by atomic mass is 9.63. The van der Waals surface area contributed by atoms with Crippen molar-refractivity contribution in [1.29, 1.82) is 0 Å². The number of fused-ring (bicyclic) bond motifs is 2. The number of piperidine rings is 1. The van der Waals surface area contributed by atoms with E-state index in [-0.39, 0.29) is 35.6 Å². The van der Waals surface area contributed by atoms with Gasteiger partial charge in [0.05, 0.1) is 12.6 Å². The van der Waals surface area contributed by atoms with Crippen molar-refractivity contribution in [3.8, 4) is 0 Å². The zero-order valence-corrected chi connectivity index (χ0v) is 18.8. The van der Waals surface area contributed by atoms with E-state index in [0.717, 1.165) is 56.4 Å². The van der Waals surface area contributed by atoms with E-state index in [1.165, 1.54) is 19.4 Å². The van der Waals surface area contributed by atoms with Gasteiger partial charge in [-0.2, -0.15) is 0 Å². The van der Waals surface area contributed by atoms with Crippen LogP contribution in [0.25, 0.3) is 0 Å². The van der Waals surface area contributed by atoms with Crippen LogP contribution in [-0.2, 0) is 15.0 Å². The van der Waals surface area contributed by atoms with E-state index in [9.17, 15) is 14.0 Å². The van der Waals surface area contributed by atoms with E-state index in [4.69, 9.17) is 0 Å². The SMILES string of the molecule is CC(=O)NCC(=O)N[C@H]1CCC2(CCN(CCC(C)(C)C)CC2)c2cc(F)ccc21. The normalized spacial score (nSPS) is 21.2. The number of nitrogens with one attached hydrogen (secondary N) is 2. The number of likely N-dealkylation sites (tertiary alicyclic amines) is 1. The van der Waals surface area contributed by atoms with Crippen molar-refractivity contribution in [2.45, 2.75) is 71.3 Å². The van der Waals surface area contributed by atoms with Crippen LogP contribution in [0.4, 0.5) is 4.39 Å². The van der Waals surface area contributed by atoms with Gasteiger partial charge in [-0.1, -0.05) is 26.8 Å². The van der Waals surface area contributed by atoms with Crippen molar-refractivity contribution in [3.63, 3.8) is 0 Å². The third-order valence-electron chi connectivity index (χ3n) is 6.70. The maximum absolute atomic E-state index is 14.2. The Labute approximate surface area is 179 Å². The largest absolute Gasteiger partial charge is 0.348 e. The van der Waals surface area contributed by atoms with Crippen molar-refractivity contribution in [2.75, 3.05) is 26.2 Å². The first kappa shape index (κ1) is 22.7. The summed E-state index contributed by atoms with van der Waals surface area (Å²) in [5.41, 5.74) is 2.42. The smallest absolute Gasteiger partial charge is 0.239 e. The topological polar surface area (TPSA) is 61.4 Å². The quantitative estimate of drug-likeness (QED) is 0.768. The molecule has 3 rings (SSSR count). The predicted octanol–water partition coefficient (Wildman–Crippen LogP) is 3.68. The summed E-state index contributed by atoms with van der Waals surface area (Å²) in [7, 11) is 0. The molecule has 2 aliphatic rings. The number of halogens is 1. The van der Waals surface area contributed by atoms with Gasteiger partial charge in [-0.25, -0.2) is 4.39 Å². The minimum absolute atomic E-state index is 0.00543. The van der Waals surface area contributed by atoms with Crippen LogP contribution in [0.3, 0.4) is 0 Å². The lowest BCUT2D eigenvalue weighted by Gasteiger charge is -2.47. The highest BCUT2D eigenvalue weighted by atomic mass is 19.1. The lowest BCUT2D eigenvalue weighted by Crippen LogP contribution is -2.47. The number of carbonyl (C=O) groups is 2. The van der Waals surface area contributed by atoms with Crippen molar-refractivity contribution in [2.24, 2.45) is 5.41 Å². The standard InChI is InChI=1S/C24H36FN3O2/c1-17(29)26-16-22(30)27-21-7-8-24(20-15-18(25)5-6-19(20)21)10-13-28(14-11-24)12-9-23(2,3)4/h5-6,15,21H,7-14,16H2,1-4H3,(H,26,29)(H,27,30)/t21-/m0/s1. The number of hydrogen-bond acceptors (Lipinski definition) is 3. The van der Waals surface area contributed by atoms with Gasteiger partial charge in [-0.3, -0.25) is 9.59 Å². The number of benzene rings is 1. The Balaban J connectivity index is 1.71. The molecule has 0 aromatic heterocycles. The van der Waals surface area contributed by atoms with Gasteiger partial charge in [0.15, 0.2) is 0 Å². The van der Waals surface area contributed by atoms with Crippen molar-refractivity contribution in [3.05, 3.63) is 35.1 Å². The predicted molar refractivity (Wildman–Crippen MR) is 117 cm³/mol. The number of rotatable bonds is 5. The molecule has 1 aliphatic carbocycles. The van der Waals surface area contributed by atoms with Crippen molar-refractivity contribution in [1.82, 2.24) is 15.5 Å². The van der Waals surface area contributed by atoms with Crippen molar-refractivity contribution < 1.29 is 14.0 Å². The Morgan fingerprint density at radius 1 is 1.20 bits per heavy atom. The highest BCUT2D eigenvalue weighted by Crippen LogP contribution is 2.48. The van der Waals surface area contributed by atoms with Crippen LogP contribution in [0.5, 0.6) is 0 Å². The monoisotopic (exact) mass is 417 g/mol. The van der Waals surface area contributed by atoms with Gasteiger partial charge in [-0.05, 0) is 85.8 Å². The van der Waals surface area contributed by atoms with Crippen LogP contribution in [0.1, 0.15) is 77.0 Å². The fourth-order valence-corrected chi connectivity index (χ4v) is 4.82. The molecule has 0 saturated carbocycles. The second-order valence-electron chi connectivity index (χ2n) is 10.2. The number of amides is 2. The summed E-state index contributed by atoms with van der Waals surface area (Å²) in [4.78, 5) is 25.9. The maximum atomic E-state index is 14.2. The number of hydrogen-bond donors (Lipinski definition) is 2. The summed E-state index contributed by atoms with van der Waals surface area (Å²) in [6.07, 6.45) is 5.02. The molecule has 1 atom stereocenters. The second-order valence-corrected chi connectivity index (χ2v) is 10.2. The average Bonchev–Trinajstić information content (AvgIpc) is 2.68. The van der Waals surface area contributed by atoms with Crippen LogP contribution in [0, 0.1) is 11.2 Å². The van der Waals surface area contributed by atoms with Crippen LogP contribution in [0.2, 0.25) is 0 Å². The van der Waals surface area contributed by atoms with E-state index in [2.05, 4.69) is 36.3 Å². The van der Waals surface area contributed by atoms with Gasteiger partial charge < -0.3 is 15.5 Å². The number of carbonyl (C=O) groups excluding carboxylic acids is 2. The lowest BCUT2D eigenvalue weighted by molar-refractivity contribution is -0.125. The first-order valence-corrected chi connectivity index (χ1v) is 11.1. The summed E-state index contributed by atoms with van der Waals surface area (Å²) in [6, 6.07) is 4.88. The Kier molecular flexibility index (Phi) is 6.85. The molecule has 1 aromatic rings. The van der Waals surface area contributed by atoms with E-state index < -0.39 is 0 Å². The summed E-state index contributed by atoms with van der Waals surface area (Å²) in [5, 5.41) is 5.57. The van der Waals surface area contributed by atoms with Gasteiger partial charge in [0.1, 0.15) is 5.82 Å². The Morgan fingerprint density at radius 3 is 2.53 bits per heavy atom. The molecule has 1 aliphatic heterocycles. The minimum atomic E-state index is -0.228. The molecule has 1 spiro atoms. The summed E-state index contributed by atoms with van der Waals surface area (Å²) in [6.45, 7) is 11.4. The summed E-state index contributed by atoms with van der Waals surface area (Å²) < 4.78 is 14.2. The maximum Gasteiger partial charge on any atom is 0.239 e. The van der Waals surface area contributed by atoms with Gasteiger partial charge in [-0.15, -0.1) is 0 Å². The molecule has 166 valence electrons. The van der Waals surface area contributed by atoms with Gasteiger partial charge in [0, 0.05) is 6.92 Å². The van der Waals surface area contributed by atoms with Gasteiger partial charge in [0.2, 0.25) is 11.8 Å². The van der Waals surface area contributed by atoms with Crippen LogP contribution in [0.15, 0.2) is 18.2 Å². The molecule has 0 radical (unpaired) electrons. The second kappa shape index (κ2) is 9.04. The summed E-state index contributed by atoms with van der Waals surface area (Å²) >= 11 is 0. The molecule has 1 fully saturated rings. The van der Waals surface area contributed by atoms with Crippen LogP contribution in [-0.4, -0.2) is 42.9 Å². The zero-order valence-electron chi connectivity index (χ0n) is 18.8. The zero-order chi connectivity index (χ0) is 21.9. The Bertz CT molecular complexity index is 779. The molecule has 5 nitrogen and oxygen atoms in total. The highest BCUT2D eigenvalue weighted by molar-refractivity contribution is 5.83. The average molecular weight is 418 g/mol. The number of nitrogens with zero attached hydrogens (tertiary/aromatic N) is 1.